The van der Waals surface area contributed by atoms with Gasteiger partial charge < -0.3 is 14.2 Å². The number of hydrogen-bond acceptors (Lipinski definition) is 5. The number of likely N-dealkylation sites (tertiary alicyclic amines) is 1. The fourth-order valence-corrected chi connectivity index (χ4v) is 6.41. The highest BCUT2D eigenvalue weighted by Gasteiger charge is 2.32. The molecular weight excluding hydrogens is 570 g/mol. The Morgan fingerprint density at radius 1 is 1.11 bits per heavy atom. The molecule has 37 heavy (non-hydrogen) atoms. The van der Waals surface area contributed by atoms with Crippen LogP contribution < -0.4 is 4.74 Å². The molecule has 0 unspecified atom stereocenters. The van der Waals surface area contributed by atoms with Crippen molar-refractivity contribution in [3.8, 4) is 5.75 Å². The number of carbonyl (C=O) groups excluding carboxylic acids is 2. The molecule has 0 radical (unpaired) electrons. The normalized spacial score (nSPS) is 17.6. The standard InChI is InChI=1S/C28H28BrN3O3S2/c1-35-22-9-6-19(7-10-22)16-32-27(34)25(37-28(32)36)14-20-17-31(24-11-8-21(29)15-23(20)24)18-26(33)30-12-4-2-3-5-13-30/h6-11,14-15,17H,2-5,12-13,16,18H2,1H3/b25-14-. The van der Waals surface area contributed by atoms with Crippen LogP contribution in [-0.4, -0.2) is 50.7 Å². The van der Waals surface area contributed by atoms with Gasteiger partial charge in [0.25, 0.3) is 5.91 Å². The maximum atomic E-state index is 13.3. The van der Waals surface area contributed by atoms with E-state index >= 15 is 0 Å². The zero-order chi connectivity index (χ0) is 25.9. The molecule has 5 rings (SSSR count). The van der Waals surface area contributed by atoms with Crippen molar-refractivity contribution in [3.63, 3.8) is 0 Å². The Bertz CT molecular complexity index is 1380. The van der Waals surface area contributed by atoms with Crippen molar-refractivity contribution in [2.75, 3.05) is 20.2 Å². The third-order valence-corrected chi connectivity index (χ3v) is 8.67. The quantitative estimate of drug-likeness (QED) is 0.249. The van der Waals surface area contributed by atoms with Crippen molar-refractivity contribution in [1.82, 2.24) is 14.4 Å². The van der Waals surface area contributed by atoms with Crippen molar-refractivity contribution in [3.05, 3.63) is 69.2 Å². The van der Waals surface area contributed by atoms with Crippen LogP contribution in [0.4, 0.5) is 0 Å². The van der Waals surface area contributed by atoms with Crippen molar-refractivity contribution in [1.29, 1.82) is 0 Å². The Hall–Kier alpha value is -2.62. The van der Waals surface area contributed by atoms with Crippen LogP contribution in [0.5, 0.6) is 5.75 Å². The summed E-state index contributed by atoms with van der Waals surface area (Å²) in [6.45, 7) is 2.34. The van der Waals surface area contributed by atoms with E-state index in [0.717, 1.165) is 58.2 Å². The number of fused-ring (bicyclic) bond motifs is 1. The number of hydrogen-bond donors (Lipinski definition) is 0. The van der Waals surface area contributed by atoms with Crippen LogP contribution in [0.2, 0.25) is 0 Å². The van der Waals surface area contributed by atoms with Gasteiger partial charge in [-0.3, -0.25) is 14.5 Å². The Balaban J connectivity index is 1.40. The second-order valence-electron chi connectivity index (χ2n) is 9.28. The first kappa shape index (κ1) is 26.0. The van der Waals surface area contributed by atoms with Gasteiger partial charge in [-0.15, -0.1) is 0 Å². The number of halogens is 1. The SMILES string of the molecule is COc1ccc(CN2C(=O)/C(=C/c3cn(CC(=O)N4CCCCCC4)c4ccc(Br)cc34)SC2=S)cc1. The van der Waals surface area contributed by atoms with Gasteiger partial charge in [-0.05, 0) is 54.8 Å². The van der Waals surface area contributed by atoms with E-state index in [0.29, 0.717) is 15.8 Å². The predicted octanol–water partition coefficient (Wildman–Crippen LogP) is 6.22. The van der Waals surface area contributed by atoms with Crippen LogP contribution in [0.15, 0.2) is 58.0 Å². The summed E-state index contributed by atoms with van der Waals surface area (Å²) >= 11 is 10.4. The molecule has 1 aromatic heterocycles. The molecule has 2 amide bonds. The number of carbonyl (C=O) groups is 2. The minimum atomic E-state index is -0.109. The van der Waals surface area contributed by atoms with Gasteiger partial charge in [0.05, 0.1) is 18.6 Å². The van der Waals surface area contributed by atoms with E-state index < -0.39 is 0 Å². The molecule has 3 aromatic rings. The van der Waals surface area contributed by atoms with Gasteiger partial charge in [0, 0.05) is 40.2 Å². The molecule has 2 aromatic carbocycles. The first-order valence-corrected chi connectivity index (χ1v) is 14.4. The van der Waals surface area contributed by atoms with Gasteiger partial charge in [0.1, 0.15) is 16.6 Å². The average Bonchev–Trinajstić information content (AvgIpc) is 3.20. The summed E-state index contributed by atoms with van der Waals surface area (Å²) in [5, 5.41) is 0.985. The van der Waals surface area contributed by atoms with Gasteiger partial charge >= 0.3 is 0 Å². The minimum Gasteiger partial charge on any atom is -0.497 e. The largest absolute Gasteiger partial charge is 0.497 e. The average molecular weight is 599 g/mol. The number of amides is 2. The lowest BCUT2D eigenvalue weighted by Gasteiger charge is -2.20. The van der Waals surface area contributed by atoms with Crippen LogP contribution in [0, 0.1) is 0 Å². The molecule has 192 valence electrons. The van der Waals surface area contributed by atoms with E-state index in [9.17, 15) is 9.59 Å². The Labute approximate surface area is 234 Å². The second-order valence-corrected chi connectivity index (χ2v) is 11.9. The molecule has 2 fully saturated rings. The topological polar surface area (TPSA) is 54.8 Å². The molecule has 2 saturated heterocycles. The maximum Gasteiger partial charge on any atom is 0.266 e. The number of thioether (sulfide) groups is 1. The van der Waals surface area contributed by atoms with Crippen LogP contribution in [0.1, 0.15) is 36.8 Å². The van der Waals surface area contributed by atoms with Gasteiger partial charge in [-0.2, -0.15) is 0 Å². The number of benzene rings is 2. The van der Waals surface area contributed by atoms with Crippen LogP contribution in [0.25, 0.3) is 17.0 Å². The van der Waals surface area contributed by atoms with E-state index in [1.165, 1.54) is 24.6 Å². The van der Waals surface area contributed by atoms with Crippen molar-refractivity contribution >= 4 is 73.0 Å². The molecule has 2 aliphatic rings. The zero-order valence-electron chi connectivity index (χ0n) is 20.6. The van der Waals surface area contributed by atoms with E-state index in [1.807, 2.05) is 64.2 Å². The highest BCUT2D eigenvalue weighted by Crippen LogP contribution is 2.36. The lowest BCUT2D eigenvalue weighted by molar-refractivity contribution is -0.131. The Morgan fingerprint density at radius 3 is 2.54 bits per heavy atom. The van der Waals surface area contributed by atoms with E-state index in [4.69, 9.17) is 17.0 Å². The summed E-state index contributed by atoms with van der Waals surface area (Å²) in [6, 6.07) is 13.7. The number of ether oxygens (including phenoxy) is 1. The van der Waals surface area contributed by atoms with Crippen molar-refractivity contribution in [2.24, 2.45) is 0 Å². The van der Waals surface area contributed by atoms with E-state index in [1.54, 1.807) is 12.0 Å². The van der Waals surface area contributed by atoms with Crippen molar-refractivity contribution in [2.45, 2.75) is 38.8 Å². The molecule has 6 nitrogen and oxygen atoms in total. The first-order chi connectivity index (χ1) is 17.9. The summed E-state index contributed by atoms with van der Waals surface area (Å²) in [5.74, 6) is 0.798. The zero-order valence-corrected chi connectivity index (χ0v) is 23.8. The number of thiocarbonyl (C=S) groups is 1. The highest BCUT2D eigenvalue weighted by molar-refractivity contribution is 9.10. The molecule has 0 spiro atoms. The predicted molar refractivity (Wildman–Crippen MR) is 156 cm³/mol. The summed E-state index contributed by atoms with van der Waals surface area (Å²) in [7, 11) is 1.63. The number of aromatic nitrogens is 1. The van der Waals surface area contributed by atoms with Crippen LogP contribution in [-0.2, 0) is 22.7 Å². The molecule has 0 N–H and O–H groups in total. The van der Waals surface area contributed by atoms with E-state index in [-0.39, 0.29) is 18.4 Å². The van der Waals surface area contributed by atoms with Gasteiger partial charge in [-0.25, -0.2) is 0 Å². The smallest absolute Gasteiger partial charge is 0.266 e. The third kappa shape index (κ3) is 5.78. The monoisotopic (exact) mass is 597 g/mol. The molecule has 2 aliphatic heterocycles. The fourth-order valence-electron chi connectivity index (χ4n) is 4.80. The molecule has 3 heterocycles. The number of nitrogens with zero attached hydrogens (tertiary/aromatic N) is 3. The van der Waals surface area contributed by atoms with E-state index in [2.05, 4.69) is 15.9 Å². The highest BCUT2D eigenvalue weighted by atomic mass is 79.9. The van der Waals surface area contributed by atoms with Crippen LogP contribution >= 0.6 is 39.9 Å². The minimum absolute atomic E-state index is 0.109. The number of methoxy groups -OCH3 is 1. The summed E-state index contributed by atoms with van der Waals surface area (Å²) in [6.07, 6.45) is 8.37. The maximum absolute atomic E-state index is 13.3. The van der Waals surface area contributed by atoms with Gasteiger partial charge in [0.15, 0.2) is 0 Å². The molecular formula is C28H28BrN3O3S2. The van der Waals surface area contributed by atoms with Gasteiger partial charge in [0.2, 0.25) is 5.91 Å². The molecule has 0 bridgehead atoms. The first-order valence-electron chi connectivity index (χ1n) is 12.4. The summed E-state index contributed by atoms with van der Waals surface area (Å²) in [4.78, 5) is 30.6. The van der Waals surface area contributed by atoms with Crippen molar-refractivity contribution < 1.29 is 14.3 Å². The lowest BCUT2D eigenvalue weighted by Crippen LogP contribution is -2.34. The molecule has 0 atom stereocenters. The summed E-state index contributed by atoms with van der Waals surface area (Å²) < 4.78 is 8.70. The molecule has 0 saturated carbocycles. The lowest BCUT2D eigenvalue weighted by atomic mass is 10.1. The van der Waals surface area contributed by atoms with Crippen LogP contribution in [0.3, 0.4) is 0 Å². The summed E-state index contributed by atoms with van der Waals surface area (Å²) in [5.41, 5.74) is 2.84. The molecule has 9 heteroatoms. The third-order valence-electron chi connectivity index (χ3n) is 6.80. The Kier molecular flexibility index (Phi) is 8.02. The molecule has 0 aliphatic carbocycles. The van der Waals surface area contributed by atoms with Gasteiger partial charge in [-0.1, -0.05) is 64.9 Å². The number of rotatable bonds is 6. The fraction of sp³-hybridized carbons (Fsp3) is 0.321. The second kappa shape index (κ2) is 11.4. The Morgan fingerprint density at radius 2 is 1.84 bits per heavy atom.